The van der Waals surface area contributed by atoms with Gasteiger partial charge < -0.3 is 13.6 Å². The Kier molecular flexibility index (Phi) is 5.52. The molecule has 0 N–H and O–H groups in total. The molecule has 4 nitrogen and oxygen atoms in total. The first-order chi connectivity index (χ1) is 17.5. The molecule has 36 heavy (non-hydrogen) atoms. The quantitative estimate of drug-likeness (QED) is 0.243. The molecule has 0 fully saturated rings. The molecule has 0 aliphatic heterocycles. The third-order valence-electron chi connectivity index (χ3n) is 7.16. The van der Waals surface area contributed by atoms with Gasteiger partial charge in [-0.2, -0.15) is 0 Å². The van der Waals surface area contributed by atoms with E-state index < -0.39 is 0 Å². The lowest BCUT2D eigenvalue weighted by Crippen LogP contribution is -2.10. The number of para-hydroxylation sites is 2. The van der Waals surface area contributed by atoms with Gasteiger partial charge in [0.2, 0.25) is 0 Å². The van der Waals surface area contributed by atoms with E-state index in [1.807, 2.05) is 24.5 Å². The van der Waals surface area contributed by atoms with Crippen molar-refractivity contribution in [2.24, 2.45) is 0 Å². The Labute approximate surface area is 211 Å². The van der Waals surface area contributed by atoms with Gasteiger partial charge in [-0.3, -0.25) is 0 Å². The zero-order chi connectivity index (χ0) is 24.8. The fourth-order valence-electron chi connectivity index (χ4n) is 5.34. The van der Waals surface area contributed by atoms with Crippen LogP contribution in [0.4, 0.5) is 0 Å². The molecule has 0 saturated heterocycles. The smallest absolute Gasteiger partial charge is 0.145 e. The Balaban J connectivity index is 1.58. The highest BCUT2D eigenvalue weighted by Gasteiger charge is 2.21. The Morgan fingerprint density at radius 3 is 2.25 bits per heavy atom. The van der Waals surface area contributed by atoms with Crippen molar-refractivity contribution >= 4 is 22.0 Å². The van der Waals surface area contributed by atoms with E-state index >= 15 is 0 Å². The molecule has 0 aliphatic rings. The molecule has 0 saturated carbocycles. The van der Waals surface area contributed by atoms with E-state index in [2.05, 4.69) is 104 Å². The van der Waals surface area contributed by atoms with Crippen molar-refractivity contribution < 1.29 is 4.42 Å². The van der Waals surface area contributed by atoms with Crippen molar-refractivity contribution in [2.45, 2.75) is 46.1 Å². The first kappa shape index (κ1) is 22.4. The van der Waals surface area contributed by atoms with E-state index in [0.717, 1.165) is 45.6 Å². The molecule has 0 unspecified atom stereocenters. The SMILES string of the molecule is CC(C)c1cccc(C(C)C)c1Cn1c(-c2coc3ccc(-n4cccc4)cc23)nc2ccccc21. The van der Waals surface area contributed by atoms with E-state index in [1.165, 1.54) is 16.7 Å². The van der Waals surface area contributed by atoms with Gasteiger partial charge in [0, 0.05) is 23.5 Å². The van der Waals surface area contributed by atoms with E-state index in [-0.39, 0.29) is 0 Å². The van der Waals surface area contributed by atoms with E-state index in [0.29, 0.717) is 11.8 Å². The van der Waals surface area contributed by atoms with Gasteiger partial charge in [-0.05, 0) is 71.0 Å². The summed E-state index contributed by atoms with van der Waals surface area (Å²) in [6.45, 7) is 9.89. The molecule has 0 bridgehead atoms. The van der Waals surface area contributed by atoms with E-state index in [1.54, 1.807) is 0 Å². The van der Waals surface area contributed by atoms with E-state index in [9.17, 15) is 0 Å². The van der Waals surface area contributed by atoms with Crippen molar-refractivity contribution in [3.8, 4) is 17.1 Å². The van der Waals surface area contributed by atoms with Crippen molar-refractivity contribution in [1.82, 2.24) is 14.1 Å². The predicted molar refractivity (Wildman–Crippen MR) is 148 cm³/mol. The average molecular weight is 474 g/mol. The topological polar surface area (TPSA) is 35.9 Å². The second kappa shape index (κ2) is 8.87. The van der Waals surface area contributed by atoms with Gasteiger partial charge in [-0.15, -0.1) is 0 Å². The van der Waals surface area contributed by atoms with Crippen LogP contribution in [0.25, 0.3) is 39.1 Å². The molecule has 0 amide bonds. The lowest BCUT2D eigenvalue weighted by Gasteiger charge is -2.21. The largest absolute Gasteiger partial charge is 0.464 e. The summed E-state index contributed by atoms with van der Waals surface area (Å²) in [7, 11) is 0. The lowest BCUT2D eigenvalue weighted by molar-refractivity contribution is 0.616. The van der Waals surface area contributed by atoms with Crippen molar-refractivity contribution in [2.75, 3.05) is 0 Å². The molecule has 0 radical (unpaired) electrons. The number of fused-ring (bicyclic) bond motifs is 2. The fraction of sp³-hybridized carbons (Fsp3) is 0.219. The van der Waals surface area contributed by atoms with Gasteiger partial charge in [0.15, 0.2) is 0 Å². The Morgan fingerprint density at radius 1 is 0.806 bits per heavy atom. The summed E-state index contributed by atoms with van der Waals surface area (Å²) in [4.78, 5) is 5.14. The van der Waals surface area contributed by atoms with Crippen LogP contribution in [0.15, 0.2) is 95.9 Å². The van der Waals surface area contributed by atoms with Crippen LogP contribution in [0.5, 0.6) is 0 Å². The maximum Gasteiger partial charge on any atom is 0.145 e. The highest BCUT2D eigenvalue weighted by Crippen LogP contribution is 2.36. The molecule has 3 aromatic carbocycles. The minimum absolute atomic E-state index is 0.441. The number of hydrogen-bond donors (Lipinski definition) is 0. The highest BCUT2D eigenvalue weighted by molar-refractivity contribution is 5.95. The summed E-state index contributed by atoms with van der Waals surface area (Å²) in [6.07, 6.45) is 5.98. The molecule has 3 heterocycles. The molecule has 0 spiro atoms. The molecule has 0 atom stereocenters. The van der Waals surface area contributed by atoms with Gasteiger partial charge in [0.05, 0.1) is 23.1 Å². The standard InChI is InChI=1S/C32H31N3O/c1-21(2)24-10-9-11-25(22(3)4)27(24)19-35-30-13-6-5-12-29(30)33-32(35)28-20-36-31-15-14-23(18-26(28)31)34-16-7-8-17-34/h5-18,20-22H,19H2,1-4H3. The number of rotatable bonds is 6. The summed E-state index contributed by atoms with van der Waals surface area (Å²) >= 11 is 0. The molecule has 6 aromatic rings. The van der Waals surface area contributed by atoms with Crippen LogP contribution in [0.2, 0.25) is 0 Å². The van der Waals surface area contributed by atoms with Crippen LogP contribution in [0, 0.1) is 0 Å². The third kappa shape index (κ3) is 3.74. The normalized spacial score (nSPS) is 11.9. The molecule has 6 rings (SSSR count). The van der Waals surface area contributed by atoms with Crippen LogP contribution in [0.1, 0.15) is 56.2 Å². The van der Waals surface area contributed by atoms with Gasteiger partial charge in [-0.1, -0.05) is 58.0 Å². The van der Waals surface area contributed by atoms with Crippen LogP contribution in [-0.2, 0) is 6.54 Å². The molecule has 0 aliphatic carbocycles. The highest BCUT2D eigenvalue weighted by atomic mass is 16.3. The fourth-order valence-corrected chi connectivity index (χ4v) is 5.34. The van der Waals surface area contributed by atoms with Gasteiger partial charge >= 0.3 is 0 Å². The second-order valence-corrected chi connectivity index (χ2v) is 10.2. The van der Waals surface area contributed by atoms with Gasteiger partial charge in [-0.25, -0.2) is 4.98 Å². The maximum absolute atomic E-state index is 6.04. The monoisotopic (exact) mass is 473 g/mol. The zero-order valence-electron chi connectivity index (χ0n) is 21.3. The average Bonchev–Trinajstić information content (AvgIpc) is 3.62. The van der Waals surface area contributed by atoms with Gasteiger partial charge in [0.25, 0.3) is 0 Å². The maximum atomic E-state index is 6.04. The molecule has 3 aromatic heterocycles. The van der Waals surface area contributed by atoms with E-state index in [4.69, 9.17) is 9.40 Å². The Morgan fingerprint density at radius 2 is 1.53 bits per heavy atom. The number of aromatic nitrogens is 3. The summed E-state index contributed by atoms with van der Waals surface area (Å²) in [6, 6.07) is 25.6. The first-order valence-electron chi connectivity index (χ1n) is 12.7. The second-order valence-electron chi connectivity index (χ2n) is 10.2. The minimum Gasteiger partial charge on any atom is -0.464 e. The Bertz CT molecular complexity index is 1640. The van der Waals surface area contributed by atoms with Crippen molar-refractivity contribution in [3.63, 3.8) is 0 Å². The lowest BCUT2D eigenvalue weighted by atomic mass is 9.88. The molecular formula is C32H31N3O. The number of benzene rings is 3. The van der Waals surface area contributed by atoms with Gasteiger partial charge in [0.1, 0.15) is 17.7 Å². The summed E-state index contributed by atoms with van der Waals surface area (Å²) < 4.78 is 10.5. The van der Waals surface area contributed by atoms with Crippen LogP contribution < -0.4 is 0 Å². The van der Waals surface area contributed by atoms with Crippen LogP contribution in [0.3, 0.4) is 0 Å². The first-order valence-corrected chi connectivity index (χ1v) is 12.7. The number of hydrogen-bond acceptors (Lipinski definition) is 2. The molecular weight excluding hydrogens is 442 g/mol. The van der Waals surface area contributed by atoms with Crippen molar-refractivity contribution in [1.29, 1.82) is 0 Å². The number of furan rings is 1. The number of nitrogens with zero attached hydrogens (tertiary/aromatic N) is 3. The predicted octanol–water partition coefficient (Wildman–Crippen LogP) is 8.54. The number of imidazole rings is 1. The third-order valence-corrected chi connectivity index (χ3v) is 7.16. The molecule has 180 valence electrons. The van der Waals surface area contributed by atoms with Crippen molar-refractivity contribution in [3.05, 3.63) is 108 Å². The zero-order valence-corrected chi connectivity index (χ0v) is 21.3. The summed E-state index contributed by atoms with van der Waals surface area (Å²) in [5.74, 6) is 1.82. The summed E-state index contributed by atoms with van der Waals surface area (Å²) in [5.41, 5.74) is 9.31. The molecule has 4 heteroatoms. The van der Waals surface area contributed by atoms with Crippen LogP contribution >= 0.6 is 0 Å². The van der Waals surface area contributed by atoms with Crippen LogP contribution in [-0.4, -0.2) is 14.1 Å². The Hall–Kier alpha value is -4.05. The summed E-state index contributed by atoms with van der Waals surface area (Å²) in [5, 5.41) is 1.07. The minimum atomic E-state index is 0.441.